The van der Waals surface area contributed by atoms with Crippen LogP contribution >= 0.6 is 0 Å². The average molecular weight is 737 g/mol. The molecule has 0 aliphatic heterocycles. The Hall–Kier alpha value is -7.82. The van der Waals surface area contributed by atoms with E-state index in [1.54, 1.807) is 0 Å². The van der Waals surface area contributed by atoms with Crippen molar-refractivity contribution in [3.8, 4) is 45.0 Å². The number of fused-ring (bicyclic) bond motifs is 9. The molecule has 0 N–H and O–H groups in total. The number of benzene rings is 8. The minimum atomic E-state index is 0.893. The number of nitrogens with zero attached hydrogens (tertiary/aromatic N) is 4. The van der Waals surface area contributed by atoms with Crippen molar-refractivity contribution >= 4 is 75.9 Å². The molecule has 12 aromatic rings. The van der Waals surface area contributed by atoms with E-state index in [4.69, 9.17) is 19.9 Å². The third-order valence-electron chi connectivity index (χ3n) is 11.6. The SMILES string of the molecule is c1ccc2cc(-c3ccc4ccc5ccc(-c6cccc7c(-c8ccc9ccc%10ccc(-c%11ccc%12ccccc%12c%11)nc%10c9n8)cccc67)nc5c4n3)ccc2c1. The number of hydrogen-bond donors (Lipinski definition) is 0. The van der Waals surface area contributed by atoms with E-state index in [1.807, 2.05) is 0 Å². The Balaban J connectivity index is 0.972. The molecule has 0 unspecified atom stereocenters. The predicted octanol–water partition coefficient (Wildman–Crippen LogP) is 14.0. The monoisotopic (exact) mass is 736 g/mol. The first-order valence-corrected chi connectivity index (χ1v) is 19.6. The third kappa shape index (κ3) is 5.31. The minimum absolute atomic E-state index is 0.893. The molecule has 0 saturated heterocycles. The highest BCUT2D eigenvalue weighted by Crippen LogP contribution is 2.37. The average Bonchev–Trinajstić information content (AvgIpc) is 3.30. The van der Waals surface area contributed by atoms with Crippen molar-refractivity contribution in [2.24, 2.45) is 0 Å². The van der Waals surface area contributed by atoms with Crippen molar-refractivity contribution in [3.63, 3.8) is 0 Å². The molecule has 0 aliphatic rings. The van der Waals surface area contributed by atoms with Gasteiger partial charge in [-0.1, -0.05) is 158 Å². The van der Waals surface area contributed by atoms with Crippen molar-refractivity contribution in [1.82, 2.24) is 19.9 Å². The summed E-state index contributed by atoms with van der Waals surface area (Å²) < 4.78 is 0. The van der Waals surface area contributed by atoms with E-state index in [9.17, 15) is 0 Å². The summed E-state index contributed by atoms with van der Waals surface area (Å²) in [5.74, 6) is 0. The summed E-state index contributed by atoms with van der Waals surface area (Å²) in [5.41, 5.74) is 11.6. The van der Waals surface area contributed by atoms with Gasteiger partial charge in [0.1, 0.15) is 0 Å². The van der Waals surface area contributed by atoms with Crippen LogP contribution in [0.5, 0.6) is 0 Å². The van der Waals surface area contributed by atoms with E-state index in [0.717, 1.165) is 99.4 Å². The fourth-order valence-electron chi connectivity index (χ4n) is 8.61. The normalized spacial score (nSPS) is 11.8. The molecule has 58 heavy (non-hydrogen) atoms. The molecule has 0 amide bonds. The molecule has 12 rings (SSSR count). The summed E-state index contributed by atoms with van der Waals surface area (Å²) in [5, 5.41) is 11.3. The molecule has 0 aliphatic carbocycles. The molecule has 4 nitrogen and oxygen atoms in total. The van der Waals surface area contributed by atoms with Gasteiger partial charge in [0.25, 0.3) is 0 Å². The Kier molecular flexibility index (Phi) is 7.20. The summed E-state index contributed by atoms with van der Waals surface area (Å²) in [6, 6.07) is 68.6. The van der Waals surface area contributed by atoms with E-state index in [2.05, 4.69) is 194 Å². The third-order valence-corrected chi connectivity index (χ3v) is 11.6. The standard InChI is InChI=1S/C54H32N4/c1-3-9-39-31-41(21-15-33(39)7-1)47-27-23-35-17-19-37-25-29-49(57-53(37)51(35)55-47)45-13-5-12-44-43(45)11-6-14-46(44)50-30-26-38-20-18-36-24-28-48(56-52(36)54(38)58-50)42-22-16-34-8-2-4-10-40(34)32-42/h1-32H. The zero-order valence-corrected chi connectivity index (χ0v) is 31.3. The van der Waals surface area contributed by atoms with E-state index in [1.165, 1.54) is 21.5 Å². The zero-order valence-electron chi connectivity index (χ0n) is 31.3. The molecule has 0 saturated carbocycles. The summed E-state index contributed by atoms with van der Waals surface area (Å²) in [7, 11) is 0. The number of rotatable bonds is 4. The van der Waals surface area contributed by atoms with E-state index < -0.39 is 0 Å². The van der Waals surface area contributed by atoms with Crippen LogP contribution in [0, 0.1) is 0 Å². The molecule has 0 radical (unpaired) electrons. The highest BCUT2D eigenvalue weighted by Gasteiger charge is 2.15. The summed E-state index contributed by atoms with van der Waals surface area (Å²) in [6.45, 7) is 0. The topological polar surface area (TPSA) is 51.6 Å². The minimum Gasteiger partial charge on any atom is -0.245 e. The van der Waals surface area contributed by atoms with Gasteiger partial charge in [-0.25, -0.2) is 19.9 Å². The summed E-state index contributed by atoms with van der Waals surface area (Å²) >= 11 is 0. The number of aromatic nitrogens is 4. The molecule has 8 aromatic carbocycles. The lowest BCUT2D eigenvalue weighted by atomic mass is 9.95. The highest BCUT2D eigenvalue weighted by molar-refractivity contribution is 6.09. The van der Waals surface area contributed by atoms with Crippen LogP contribution in [0.2, 0.25) is 0 Å². The van der Waals surface area contributed by atoms with Gasteiger partial charge < -0.3 is 0 Å². The lowest BCUT2D eigenvalue weighted by molar-refractivity contribution is 1.37. The maximum absolute atomic E-state index is 5.35. The van der Waals surface area contributed by atoms with Gasteiger partial charge in [0.15, 0.2) is 0 Å². The van der Waals surface area contributed by atoms with Gasteiger partial charge in [0.05, 0.1) is 44.8 Å². The fraction of sp³-hybridized carbons (Fsp3) is 0. The second-order valence-corrected chi connectivity index (χ2v) is 15.0. The van der Waals surface area contributed by atoms with E-state index in [0.29, 0.717) is 0 Å². The van der Waals surface area contributed by atoms with Crippen LogP contribution in [0.3, 0.4) is 0 Å². The lowest BCUT2D eigenvalue weighted by Crippen LogP contribution is -1.93. The Morgan fingerprint density at radius 1 is 0.224 bits per heavy atom. The lowest BCUT2D eigenvalue weighted by Gasteiger charge is -2.13. The van der Waals surface area contributed by atoms with Crippen LogP contribution in [0.4, 0.5) is 0 Å². The molecule has 4 heteroatoms. The van der Waals surface area contributed by atoms with Crippen molar-refractivity contribution in [3.05, 3.63) is 194 Å². The first-order valence-electron chi connectivity index (χ1n) is 19.6. The maximum Gasteiger partial charge on any atom is 0.0972 e. The highest BCUT2D eigenvalue weighted by atomic mass is 14.8. The predicted molar refractivity (Wildman–Crippen MR) is 242 cm³/mol. The van der Waals surface area contributed by atoms with Crippen molar-refractivity contribution in [2.45, 2.75) is 0 Å². The Bertz CT molecular complexity index is 3400. The van der Waals surface area contributed by atoms with Gasteiger partial charge in [-0.05, 0) is 68.7 Å². The summed E-state index contributed by atoms with van der Waals surface area (Å²) in [4.78, 5) is 21.2. The van der Waals surface area contributed by atoms with Crippen LogP contribution in [0.1, 0.15) is 0 Å². The van der Waals surface area contributed by atoms with Crippen molar-refractivity contribution in [1.29, 1.82) is 0 Å². The molecule has 4 aromatic heterocycles. The second kappa shape index (κ2) is 12.9. The first-order chi connectivity index (χ1) is 28.7. The Morgan fingerprint density at radius 2 is 0.552 bits per heavy atom. The maximum atomic E-state index is 5.35. The quantitative estimate of drug-likeness (QED) is 0.169. The molecular weight excluding hydrogens is 705 g/mol. The zero-order chi connectivity index (χ0) is 38.2. The first kappa shape index (κ1) is 32.4. The van der Waals surface area contributed by atoms with Gasteiger partial charge >= 0.3 is 0 Å². The van der Waals surface area contributed by atoms with Gasteiger partial charge in [-0.3, -0.25) is 0 Å². The van der Waals surface area contributed by atoms with Crippen LogP contribution < -0.4 is 0 Å². The van der Waals surface area contributed by atoms with E-state index in [-0.39, 0.29) is 0 Å². The Morgan fingerprint density at radius 3 is 0.966 bits per heavy atom. The van der Waals surface area contributed by atoms with Gasteiger partial charge in [-0.15, -0.1) is 0 Å². The van der Waals surface area contributed by atoms with Gasteiger partial charge in [0.2, 0.25) is 0 Å². The molecule has 0 fully saturated rings. The van der Waals surface area contributed by atoms with Crippen molar-refractivity contribution < 1.29 is 0 Å². The summed E-state index contributed by atoms with van der Waals surface area (Å²) in [6.07, 6.45) is 0. The van der Waals surface area contributed by atoms with Crippen LogP contribution in [-0.2, 0) is 0 Å². The molecule has 0 bridgehead atoms. The van der Waals surface area contributed by atoms with Crippen LogP contribution in [-0.4, -0.2) is 19.9 Å². The van der Waals surface area contributed by atoms with Crippen molar-refractivity contribution in [2.75, 3.05) is 0 Å². The largest absolute Gasteiger partial charge is 0.245 e. The van der Waals surface area contributed by atoms with E-state index >= 15 is 0 Å². The number of pyridine rings is 4. The molecule has 0 spiro atoms. The number of hydrogen-bond acceptors (Lipinski definition) is 4. The van der Waals surface area contributed by atoms with Gasteiger partial charge in [-0.2, -0.15) is 0 Å². The smallest absolute Gasteiger partial charge is 0.0972 e. The van der Waals surface area contributed by atoms with Crippen LogP contribution in [0.25, 0.3) is 121 Å². The Labute approximate surface area is 333 Å². The molecule has 268 valence electrons. The molecular formula is C54H32N4. The molecule has 4 heterocycles. The second-order valence-electron chi connectivity index (χ2n) is 15.0. The van der Waals surface area contributed by atoms with Crippen LogP contribution in [0.15, 0.2) is 194 Å². The van der Waals surface area contributed by atoms with Gasteiger partial charge in [0, 0.05) is 43.8 Å². The molecule has 0 atom stereocenters. The fourth-order valence-corrected chi connectivity index (χ4v) is 8.61.